The summed E-state index contributed by atoms with van der Waals surface area (Å²) >= 11 is 5.95. The van der Waals surface area contributed by atoms with E-state index < -0.39 is 5.97 Å². The van der Waals surface area contributed by atoms with Crippen molar-refractivity contribution in [1.82, 2.24) is 4.98 Å². The Morgan fingerprint density at radius 1 is 1.73 bits per heavy atom. The number of aliphatic carboxylic acids is 1. The first-order valence-electron chi connectivity index (χ1n) is 4.45. The van der Waals surface area contributed by atoms with Crippen molar-refractivity contribution in [3.8, 4) is 5.75 Å². The highest BCUT2D eigenvalue weighted by Crippen LogP contribution is 2.27. The smallest absolute Gasteiger partial charge is 0.304 e. The van der Waals surface area contributed by atoms with Gasteiger partial charge in [0.2, 0.25) is 0 Å². The second-order valence-corrected chi connectivity index (χ2v) is 3.65. The number of carboxylic acids is 1. The zero-order valence-corrected chi connectivity index (χ0v) is 9.28. The highest BCUT2D eigenvalue weighted by molar-refractivity contribution is 6.31. The Balaban J connectivity index is 2.90. The zero-order chi connectivity index (χ0) is 11.4. The summed E-state index contributed by atoms with van der Waals surface area (Å²) in [5.74, 6) is -0.511. The van der Waals surface area contributed by atoms with Crippen LogP contribution in [0.4, 0.5) is 0 Å². The summed E-state index contributed by atoms with van der Waals surface area (Å²) in [7, 11) is 1.52. The fraction of sp³-hybridized carbons (Fsp3) is 0.400. The maximum Gasteiger partial charge on any atom is 0.304 e. The number of halogens is 1. The molecule has 0 aliphatic heterocycles. The van der Waals surface area contributed by atoms with Crippen LogP contribution in [0.25, 0.3) is 0 Å². The molecule has 0 aromatic carbocycles. The van der Waals surface area contributed by atoms with E-state index >= 15 is 0 Å². The van der Waals surface area contributed by atoms with Gasteiger partial charge in [-0.15, -0.1) is 0 Å². The van der Waals surface area contributed by atoms with Gasteiger partial charge in [0, 0.05) is 12.0 Å². The minimum absolute atomic E-state index is 0.0129. The predicted octanol–water partition coefficient (Wildman–Crippen LogP) is 2.32. The summed E-state index contributed by atoms with van der Waals surface area (Å²) in [6.07, 6.45) is 1.54. The quantitative estimate of drug-likeness (QED) is 0.861. The molecule has 1 atom stereocenters. The van der Waals surface area contributed by atoms with Crippen LogP contribution in [0, 0.1) is 0 Å². The normalized spacial score (nSPS) is 12.2. The van der Waals surface area contributed by atoms with Crippen molar-refractivity contribution in [2.75, 3.05) is 7.11 Å². The van der Waals surface area contributed by atoms with Crippen LogP contribution < -0.4 is 4.74 Å². The van der Waals surface area contributed by atoms with Crippen LogP contribution in [0.1, 0.15) is 25.0 Å². The average molecular weight is 230 g/mol. The van der Waals surface area contributed by atoms with Crippen molar-refractivity contribution in [3.63, 3.8) is 0 Å². The van der Waals surface area contributed by atoms with Crippen molar-refractivity contribution in [1.29, 1.82) is 0 Å². The van der Waals surface area contributed by atoms with Crippen LogP contribution in [0.2, 0.25) is 5.02 Å². The zero-order valence-electron chi connectivity index (χ0n) is 8.53. The lowest BCUT2D eigenvalue weighted by molar-refractivity contribution is -0.137. The number of ether oxygens (including phenoxy) is 1. The predicted molar refractivity (Wildman–Crippen MR) is 56.5 cm³/mol. The molecule has 1 rings (SSSR count). The van der Waals surface area contributed by atoms with Crippen LogP contribution >= 0.6 is 11.6 Å². The molecule has 0 radical (unpaired) electrons. The molecule has 1 unspecified atom stereocenters. The topological polar surface area (TPSA) is 59.4 Å². The van der Waals surface area contributed by atoms with E-state index in [1.165, 1.54) is 13.3 Å². The number of aromatic nitrogens is 1. The van der Waals surface area contributed by atoms with E-state index in [-0.39, 0.29) is 12.3 Å². The van der Waals surface area contributed by atoms with E-state index in [1.807, 2.05) is 0 Å². The van der Waals surface area contributed by atoms with E-state index in [1.54, 1.807) is 13.0 Å². The standard InChI is InChI=1S/C10H12ClNO3/c1-6(3-9(13)14)10-8(11)4-7(15-2)5-12-10/h4-6H,3H2,1-2H3,(H,13,14). The van der Waals surface area contributed by atoms with Gasteiger partial charge >= 0.3 is 5.97 Å². The fourth-order valence-electron chi connectivity index (χ4n) is 1.26. The number of rotatable bonds is 4. The molecule has 0 fully saturated rings. The number of pyridine rings is 1. The molecular formula is C10H12ClNO3. The first-order chi connectivity index (χ1) is 7.04. The summed E-state index contributed by atoms with van der Waals surface area (Å²) in [5.41, 5.74) is 0.583. The second-order valence-electron chi connectivity index (χ2n) is 3.24. The molecule has 0 amide bonds. The Morgan fingerprint density at radius 2 is 2.40 bits per heavy atom. The molecule has 0 bridgehead atoms. The SMILES string of the molecule is COc1cnc(C(C)CC(=O)O)c(Cl)c1. The van der Waals surface area contributed by atoms with Gasteiger partial charge in [0.1, 0.15) is 5.75 Å². The monoisotopic (exact) mass is 229 g/mol. The number of hydrogen-bond donors (Lipinski definition) is 1. The van der Waals surface area contributed by atoms with Gasteiger partial charge in [-0.3, -0.25) is 9.78 Å². The molecule has 1 heterocycles. The third-order valence-corrected chi connectivity index (χ3v) is 2.33. The van der Waals surface area contributed by atoms with Crippen molar-refractivity contribution >= 4 is 17.6 Å². The van der Waals surface area contributed by atoms with Gasteiger partial charge in [0.15, 0.2) is 0 Å². The van der Waals surface area contributed by atoms with Crippen molar-refractivity contribution < 1.29 is 14.6 Å². The van der Waals surface area contributed by atoms with Crippen LogP contribution in [-0.4, -0.2) is 23.2 Å². The third-order valence-electron chi connectivity index (χ3n) is 2.03. The highest BCUT2D eigenvalue weighted by Gasteiger charge is 2.15. The molecule has 4 nitrogen and oxygen atoms in total. The molecule has 0 spiro atoms. The lowest BCUT2D eigenvalue weighted by Gasteiger charge is -2.10. The molecule has 0 aliphatic carbocycles. The van der Waals surface area contributed by atoms with E-state index in [9.17, 15) is 4.79 Å². The Morgan fingerprint density at radius 3 is 2.87 bits per heavy atom. The molecule has 5 heteroatoms. The molecule has 0 aliphatic rings. The third kappa shape index (κ3) is 3.09. The van der Waals surface area contributed by atoms with Crippen molar-refractivity contribution in [2.24, 2.45) is 0 Å². The Kier molecular flexibility index (Phi) is 3.91. The van der Waals surface area contributed by atoms with Crippen LogP contribution in [0.5, 0.6) is 5.75 Å². The maximum atomic E-state index is 10.5. The molecule has 0 saturated heterocycles. The molecule has 15 heavy (non-hydrogen) atoms. The number of hydrogen-bond acceptors (Lipinski definition) is 3. The highest BCUT2D eigenvalue weighted by atomic mass is 35.5. The first-order valence-corrected chi connectivity index (χ1v) is 4.83. The molecule has 1 N–H and O–H groups in total. The van der Waals surface area contributed by atoms with Crippen LogP contribution in [0.15, 0.2) is 12.3 Å². The molecule has 1 aromatic heterocycles. The van der Waals surface area contributed by atoms with Crippen LogP contribution in [0.3, 0.4) is 0 Å². The average Bonchev–Trinajstić information content (AvgIpc) is 2.16. The lowest BCUT2D eigenvalue weighted by atomic mass is 10.0. The molecule has 1 aromatic rings. The van der Waals surface area contributed by atoms with Gasteiger partial charge in [-0.1, -0.05) is 18.5 Å². The minimum atomic E-state index is -0.865. The van der Waals surface area contributed by atoms with Crippen molar-refractivity contribution in [3.05, 3.63) is 23.0 Å². The number of carboxylic acid groups (broad SMARTS) is 1. The fourth-order valence-corrected chi connectivity index (χ4v) is 1.61. The van der Waals surface area contributed by atoms with Gasteiger partial charge in [0.05, 0.1) is 30.4 Å². The first kappa shape index (κ1) is 11.8. The number of nitrogens with zero attached hydrogens (tertiary/aromatic N) is 1. The van der Waals surface area contributed by atoms with Gasteiger partial charge in [-0.25, -0.2) is 0 Å². The van der Waals surface area contributed by atoms with Gasteiger partial charge < -0.3 is 9.84 Å². The molecular weight excluding hydrogens is 218 g/mol. The largest absolute Gasteiger partial charge is 0.495 e. The van der Waals surface area contributed by atoms with E-state index in [4.69, 9.17) is 21.4 Å². The lowest BCUT2D eigenvalue weighted by Crippen LogP contribution is -2.05. The Labute approximate surface area is 92.8 Å². The molecule has 82 valence electrons. The van der Waals surface area contributed by atoms with E-state index in [0.29, 0.717) is 16.5 Å². The van der Waals surface area contributed by atoms with E-state index in [0.717, 1.165) is 0 Å². The summed E-state index contributed by atoms with van der Waals surface area (Å²) in [6, 6.07) is 1.63. The van der Waals surface area contributed by atoms with Crippen molar-refractivity contribution in [2.45, 2.75) is 19.3 Å². The summed E-state index contributed by atoms with van der Waals surface area (Å²) in [5, 5.41) is 9.07. The Hall–Kier alpha value is -1.29. The number of carbonyl (C=O) groups is 1. The summed E-state index contributed by atoms with van der Waals surface area (Å²) in [4.78, 5) is 14.6. The maximum absolute atomic E-state index is 10.5. The van der Waals surface area contributed by atoms with Gasteiger partial charge in [-0.05, 0) is 0 Å². The number of methoxy groups -OCH3 is 1. The molecule has 0 saturated carbocycles. The van der Waals surface area contributed by atoms with Crippen LogP contribution in [-0.2, 0) is 4.79 Å². The summed E-state index contributed by atoms with van der Waals surface area (Å²) in [6.45, 7) is 1.77. The van der Waals surface area contributed by atoms with Gasteiger partial charge in [0.25, 0.3) is 0 Å². The Bertz CT molecular complexity index is 368. The van der Waals surface area contributed by atoms with E-state index in [2.05, 4.69) is 4.98 Å². The minimum Gasteiger partial charge on any atom is -0.495 e. The summed E-state index contributed by atoms with van der Waals surface area (Å²) < 4.78 is 4.95. The van der Waals surface area contributed by atoms with Gasteiger partial charge in [-0.2, -0.15) is 0 Å². The second kappa shape index (κ2) is 4.98.